The molecule has 2 aromatic heterocycles. The van der Waals surface area contributed by atoms with E-state index in [9.17, 15) is 8.42 Å². The smallest absolute Gasteiger partial charge is 0.268 e. The Bertz CT molecular complexity index is 924. The highest BCUT2D eigenvalue weighted by Gasteiger charge is 2.23. The Balaban J connectivity index is 2.17. The van der Waals surface area contributed by atoms with E-state index < -0.39 is 10.0 Å². The number of hydrogen-bond acceptors (Lipinski definition) is 4. The molecule has 5 nitrogen and oxygen atoms in total. The number of halogens is 1. The fourth-order valence-corrected chi connectivity index (χ4v) is 3.67. The molecule has 0 amide bonds. The predicted octanol–water partition coefficient (Wildman–Crippen LogP) is 3.65. The maximum Gasteiger partial charge on any atom is 0.268 e. The fourth-order valence-electron chi connectivity index (χ4n) is 2.06. The molecule has 0 saturated heterocycles. The molecule has 0 aliphatic carbocycles. The van der Waals surface area contributed by atoms with E-state index >= 15 is 0 Å². The number of hydrogen-bond donors (Lipinski definition) is 0. The average molecular weight is 337 g/mol. The van der Waals surface area contributed by atoms with Gasteiger partial charge in [0.2, 0.25) is 5.89 Å². The highest BCUT2D eigenvalue weighted by atomic mass is 35.5. The van der Waals surface area contributed by atoms with E-state index in [-0.39, 0.29) is 10.8 Å². The van der Waals surface area contributed by atoms with Gasteiger partial charge in [0.05, 0.1) is 15.6 Å². The third-order valence-corrected chi connectivity index (χ3v) is 5.06. The first kappa shape index (κ1) is 14.9. The molecule has 3 aromatic rings. The van der Waals surface area contributed by atoms with Gasteiger partial charge in [0.25, 0.3) is 10.0 Å². The van der Waals surface area contributed by atoms with Crippen molar-refractivity contribution in [2.24, 2.45) is 0 Å². The molecule has 0 spiro atoms. The lowest BCUT2D eigenvalue weighted by Crippen LogP contribution is -2.13. The standard InChI is InChI=1S/C15H13ClN2O3S/c1-10-3-5-13(6-4-10)22(19,20)18-8-12(16)7-14(18)15-17-11(2)9-21-15/h3-9H,1-2H3. The second kappa shape index (κ2) is 5.30. The zero-order valence-corrected chi connectivity index (χ0v) is 13.5. The summed E-state index contributed by atoms with van der Waals surface area (Å²) in [5, 5.41) is 0.293. The third kappa shape index (κ3) is 2.55. The largest absolute Gasteiger partial charge is 0.443 e. The van der Waals surface area contributed by atoms with Gasteiger partial charge < -0.3 is 4.42 Å². The summed E-state index contributed by atoms with van der Waals surface area (Å²) in [6, 6.07) is 8.12. The van der Waals surface area contributed by atoms with Gasteiger partial charge in [0, 0.05) is 6.20 Å². The van der Waals surface area contributed by atoms with Crippen molar-refractivity contribution < 1.29 is 12.8 Å². The minimum absolute atomic E-state index is 0.176. The van der Waals surface area contributed by atoms with Crippen LogP contribution in [0.2, 0.25) is 5.02 Å². The lowest BCUT2D eigenvalue weighted by molar-refractivity contribution is 0.565. The molecule has 22 heavy (non-hydrogen) atoms. The molecular weight excluding hydrogens is 324 g/mol. The number of rotatable bonds is 3. The van der Waals surface area contributed by atoms with Gasteiger partial charge in [-0.25, -0.2) is 17.4 Å². The van der Waals surface area contributed by atoms with Crippen LogP contribution in [-0.2, 0) is 10.0 Å². The first-order valence-corrected chi connectivity index (χ1v) is 8.32. The van der Waals surface area contributed by atoms with Crippen molar-refractivity contribution in [3.05, 3.63) is 59.1 Å². The van der Waals surface area contributed by atoms with Crippen molar-refractivity contribution in [3.8, 4) is 11.6 Å². The normalized spacial score (nSPS) is 11.8. The molecule has 0 fully saturated rings. The number of benzene rings is 1. The van der Waals surface area contributed by atoms with Crippen molar-refractivity contribution in [2.45, 2.75) is 18.7 Å². The Morgan fingerprint density at radius 2 is 1.86 bits per heavy atom. The van der Waals surface area contributed by atoms with E-state index in [1.165, 1.54) is 18.5 Å². The summed E-state index contributed by atoms with van der Waals surface area (Å²) in [7, 11) is -3.77. The van der Waals surface area contributed by atoms with Crippen LogP contribution in [0.1, 0.15) is 11.3 Å². The van der Waals surface area contributed by atoms with Crippen LogP contribution in [-0.4, -0.2) is 17.4 Å². The quantitative estimate of drug-likeness (QED) is 0.732. The first-order valence-electron chi connectivity index (χ1n) is 6.50. The summed E-state index contributed by atoms with van der Waals surface area (Å²) >= 11 is 5.99. The maximum absolute atomic E-state index is 12.8. The van der Waals surface area contributed by atoms with Gasteiger partial charge in [-0.05, 0) is 32.0 Å². The minimum atomic E-state index is -3.77. The van der Waals surface area contributed by atoms with Crippen LogP contribution in [0.25, 0.3) is 11.6 Å². The number of aryl methyl sites for hydroxylation is 2. The molecule has 0 N–H and O–H groups in total. The molecular formula is C15H13ClN2O3S. The van der Waals surface area contributed by atoms with E-state index in [0.29, 0.717) is 16.4 Å². The van der Waals surface area contributed by atoms with Gasteiger partial charge in [-0.3, -0.25) is 0 Å². The molecule has 0 aliphatic heterocycles. The van der Waals surface area contributed by atoms with Crippen LogP contribution in [0.3, 0.4) is 0 Å². The van der Waals surface area contributed by atoms with Gasteiger partial charge in [-0.15, -0.1) is 0 Å². The molecule has 0 aliphatic rings. The summed E-state index contributed by atoms with van der Waals surface area (Å²) < 4.78 is 32.0. The molecule has 0 saturated carbocycles. The molecule has 1 aromatic carbocycles. The van der Waals surface area contributed by atoms with Crippen molar-refractivity contribution in [1.82, 2.24) is 8.96 Å². The SMILES string of the molecule is Cc1ccc(S(=O)(=O)n2cc(Cl)cc2-c2nc(C)co2)cc1. The van der Waals surface area contributed by atoms with Crippen molar-refractivity contribution in [2.75, 3.05) is 0 Å². The van der Waals surface area contributed by atoms with E-state index in [1.54, 1.807) is 31.2 Å². The van der Waals surface area contributed by atoms with Gasteiger partial charge in [-0.1, -0.05) is 29.3 Å². The Hall–Kier alpha value is -2.05. The molecule has 0 atom stereocenters. The summed E-state index contributed by atoms with van der Waals surface area (Å²) in [5.41, 5.74) is 1.93. The number of nitrogens with zero attached hydrogens (tertiary/aromatic N) is 2. The Labute approximate surface area is 133 Å². The highest BCUT2D eigenvalue weighted by Crippen LogP contribution is 2.28. The topological polar surface area (TPSA) is 65.1 Å². The van der Waals surface area contributed by atoms with E-state index in [1.807, 2.05) is 6.92 Å². The lowest BCUT2D eigenvalue weighted by Gasteiger charge is -2.08. The van der Waals surface area contributed by atoms with Crippen molar-refractivity contribution >= 4 is 21.6 Å². The third-order valence-electron chi connectivity index (χ3n) is 3.17. The van der Waals surface area contributed by atoms with Gasteiger partial charge in [0.1, 0.15) is 12.0 Å². The molecule has 3 rings (SSSR count). The van der Waals surface area contributed by atoms with Gasteiger partial charge in [-0.2, -0.15) is 0 Å². The van der Waals surface area contributed by atoms with E-state index in [0.717, 1.165) is 9.54 Å². The number of oxazole rings is 1. The van der Waals surface area contributed by atoms with Gasteiger partial charge in [0.15, 0.2) is 0 Å². The minimum Gasteiger partial charge on any atom is -0.443 e. The summed E-state index contributed by atoms with van der Waals surface area (Å²) in [6.45, 7) is 3.65. The first-order chi connectivity index (χ1) is 10.4. The summed E-state index contributed by atoms with van der Waals surface area (Å²) in [6.07, 6.45) is 2.80. The summed E-state index contributed by atoms with van der Waals surface area (Å²) in [5.74, 6) is 0.208. The molecule has 7 heteroatoms. The monoisotopic (exact) mass is 336 g/mol. The highest BCUT2D eigenvalue weighted by molar-refractivity contribution is 7.90. The zero-order chi connectivity index (χ0) is 15.9. The van der Waals surface area contributed by atoms with Crippen molar-refractivity contribution in [3.63, 3.8) is 0 Å². The second-order valence-electron chi connectivity index (χ2n) is 4.95. The van der Waals surface area contributed by atoms with Crippen LogP contribution in [0, 0.1) is 13.8 Å². The number of aromatic nitrogens is 2. The molecule has 0 unspecified atom stereocenters. The van der Waals surface area contributed by atoms with Crippen LogP contribution in [0.5, 0.6) is 0 Å². The van der Waals surface area contributed by atoms with Crippen molar-refractivity contribution in [1.29, 1.82) is 0 Å². The molecule has 0 radical (unpaired) electrons. The Kier molecular flexibility index (Phi) is 3.58. The van der Waals surface area contributed by atoms with Crippen LogP contribution in [0.15, 0.2) is 52.1 Å². The van der Waals surface area contributed by atoms with Gasteiger partial charge >= 0.3 is 0 Å². The molecule has 114 valence electrons. The Morgan fingerprint density at radius 3 is 2.45 bits per heavy atom. The molecule has 2 heterocycles. The summed E-state index contributed by atoms with van der Waals surface area (Å²) in [4.78, 5) is 4.34. The van der Waals surface area contributed by atoms with Crippen LogP contribution >= 0.6 is 11.6 Å². The van der Waals surface area contributed by atoms with Crippen LogP contribution in [0.4, 0.5) is 0 Å². The zero-order valence-electron chi connectivity index (χ0n) is 11.9. The van der Waals surface area contributed by atoms with E-state index in [2.05, 4.69) is 4.98 Å². The fraction of sp³-hybridized carbons (Fsp3) is 0.133. The van der Waals surface area contributed by atoms with E-state index in [4.69, 9.17) is 16.0 Å². The second-order valence-corrected chi connectivity index (χ2v) is 7.20. The maximum atomic E-state index is 12.8. The Morgan fingerprint density at radius 1 is 1.18 bits per heavy atom. The average Bonchev–Trinajstić information content (AvgIpc) is 3.05. The predicted molar refractivity (Wildman–Crippen MR) is 83.4 cm³/mol. The molecule has 0 bridgehead atoms. The lowest BCUT2D eigenvalue weighted by atomic mass is 10.2. The van der Waals surface area contributed by atoms with Crippen LogP contribution < -0.4 is 0 Å².